The summed E-state index contributed by atoms with van der Waals surface area (Å²) in [5.41, 5.74) is 1.12. The monoisotopic (exact) mass is 273 g/mol. The molecule has 0 spiro atoms. The van der Waals surface area contributed by atoms with Crippen LogP contribution < -0.4 is 10.1 Å². The number of nitrogens with zero attached hydrogens (tertiary/aromatic N) is 2. The molecule has 104 valence electrons. The largest absolute Gasteiger partial charge is 0.497 e. The van der Waals surface area contributed by atoms with Crippen LogP contribution in [0, 0.1) is 0 Å². The van der Waals surface area contributed by atoms with Crippen molar-refractivity contribution in [2.75, 3.05) is 19.0 Å². The van der Waals surface area contributed by atoms with E-state index in [-0.39, 0.29) is 5.69 Å². The molecule has 0 atom stereocenters. The number of carboxylic acid groups (broad SMARTS) is 1. The van der Waals surface area contributed by atoms with Gasteiger partial charge >= 0.3 is 5.97 Å². The molecule has 1 aromatic heterocycles. The second kappa shape index (κ2) is 6.51. The molecule has 0 aliphatic heterocycles. The van der Waals surface area contributed by atoms with E-state index in [1.165, 1.54) is 12.3 Å². The number of carboxylic acids is 1. The second-order valence-corrected chi connectivity index (χ2v) is 4.10. The zero-order valence-electron chi connectivity index (χ0n) is 11.0. The van der Waals surface area contributed by atoms with Crippen LogP contribution in [0.2, 0.25) is 0 Å². The lowest BCUT2D eigenvalue weighted by molar-refractivity contribution is 0.0690. The average Bonchev–Trinajstić information content (AvgIpc) is 2.48. The molecule has 20 heavy (non-hydrogen) atoms. The molecule has 0 saturated heterocycles. The van der Waals surface area contributed by atoms with E-state index in [1.54, 1.807) is 7.11 Å². The first kappa shape index (κ1) is 13.8. The van der Waals surface area contributed by atoms with Crippen LogP contribution >= 0.6 is 0 Å². The number of carbonyl (C=O) groups is 1. The van der Waals surface area contributed by atoms with E-state index in [4.69, 9.17) is 9.84 Å². The number of benzene rings is 1. The minimum absolute atomic E-state index is 0.0213. The van der Waals surface area contributed by atoms with Gasteiger partial charge in [-0.25, -0.2) is 14.8 Å². The summed E-state index contributed by atoms with van der Waals surface area (Å²) in [4.78, 5) is 18.6. The van der Waals surface area contributed by atoms with Crippen LogP contribution in [0.3, 0.4) is 0 Å². The van der Waals surface area contributed by atoms with E-state index >= 15 is 0 Å². The molecule has 1 heterocycles. The van der Waals surface area contributed by atoms with Gasteiger partial charge in [-0.3, -0.25) is 0 Å². The van der Waals surface area contributed by atoms with Gasteiger partial charge in [0.2, 0.25) is 5.95 Å². The van der Waals surface area contributed by atoms with Gasteiger partial charge in [-0.2, -0.15) is 0 Å². The standard InChI is InChI=1S/C14H15N3O3/c1-20-11-4-2-10(3-5-11)6-8-15-14-16-9-7-12(17-14)13(18)19/h2-5,7,9H,6,8H2,1H3,(H,18,19)(H,15,16,17). The van der Waals surface area contributed by atoms with Crippen LogP contribution in [0.4, 0.5) is 5.95 Å². The minimum Gasteiger partial charge on any atom is -0.497 e. The van der Waals surface area contributed by atoms with E-state index < -0.39 is 5.97 Å². The van der Waals surface area contributed by atoms with Gasteiger partial charge in [0.05, 0.1) is 7.11 Å². The number of aromatic carboxylic acids is 1. The van der Waals surface area contributed by atoms with Gasteiger partial charge in [0.15, 0.2) is 5.69 Å². The molecule has 0 aliphatic rings. The van der Waals surface area contributed by atoms with Crippen LogP contribution in [0.25, 0.3) is 0 Å². The smallest absolute Gasteiger partial charge is 0.354 e. The molecule has 0 radical (unpaired) electrons. The molecule has 0 fully saturated rings. The molecule has 1 aromatic carbocycles. The molecule has 6 heteroatoms. The third-order valence-electron chi connectivity index (χ3n) is 2.73. The fraction of sp³-hybridized carbons (Fsp3) is 0.214. The van der Waals surface area contributed by atoms with Crippen LogP contribution in [-0.2, 0) is 6.42 Å². The van der Waals surface area contributed by atoms with Gasteiger partial charge < -0.3 is 15.2 Å². The highest BCUT2D eigenvalue weighted by molar-refractivity contribution is 5.85. The van der Waals surface area contributed by atoms with Crippen molar-refractivity contribution in [3.05, 3.63) is 47.8 Å². The molecular formula is C14H15N3O3. The Labute approximate surface area is 116 Å². The van der Waals surface area contributed by atoms with Gasteiger partial charge in [0.1, 0.15) is 5.75 Å². The SMILES string of the molecule is COc1ccc(CCNc2nccc(C(=O)O)n2)cc1. The van der Waals surface area contributed by atoms with Crippen LogP contribution in [0.15, 0.2) is 36.5 Å². The second-order valence-electron chi connectivity index (χ2n) is 4.10. The summed E-state index contributed by atoms with van der Waals surface area (Å²) >= 11 is 0. The Bertz CT molecular complexity index is 584. The number of methoxy groups -OCH3 is 1. The summed E-state index contributed by atoms with van der Waals surface area (Å²) in [6, 6.07) is 9.12. The van der Waals surface area contributed by atoms with Crippen molar-refractivity contribution in [1.82, 2.24) is 9.97 Å². The first-order chi connectivity index (χ1) is 9.69. The third kappa shape index (κ3) is 3.68. The lowest BCUT2D eigenvalue weighted by Gasteiger charge is -2.06. The Kier molecular flexibility index (Phi) is 4.49. The van der Waals surface area contributed by atoms with Crippen molar-refractivity contribution >= 4 is 11.9 Å². The summed E-state index contributed by atoms with van der Waals surface area (Å²) in [6.45, 7) is 0.620. The third-order valence-corrected chi connectivity index (χ3v) is 2.73. The Morgan fingerprint density at radius 3 is 2.70 bits per heavy atom. The lowest BCUT2D eigenvalue weighted by atomic mass is 10.1. The summed E-state index contributed by atoms with van der Waals surface area (Å²) in [7, 11) is 1.63. The molecule has 0 bridgehead atoms. The topological polar surface area (TPSA) is 84.3 Å². The van der Waals surface area contributed by atoms with Crippen LogP contribution in [0.5, 0.6) is 5.75 Å². The molecular weight excluding hydrogens is 258 g/mol. The van der Waals surface area contributed by atoms with E-state index in [2.05, 4.69) is 15.3 Å². The maximum absolute atomic E-state index is 10.8. The van der Waals surface area contributed by atoms with Crippen molar-refractivity contribution in [3.63, 3.8) is 0 Å². The highest BCUT2D eigenvalue weighted by atomic mass is 16.5. The highest BCUT2D eigenvalue weighted by Crippen LogP contribution is 2.11. The predicted octanol–water partition coefficient (Wildman–Crippen LogP) is 1.84. The quantitative estimate of drug-likeness (QED) is 0.835. The highest BCUT2D eigenvalue weighted by Gasteiger charge is 2.05. The normalized spacial score (nSPS) is 10.1. The summed E-state index contributed by atoms with van der Waals surface area (Å²) < 4.78 is 5.09. The molecule has 0 unspecified atom stereocenters. The Balaban J connectivity index is 1.88. The average molecular weight is 273 g/mol. The van der Waals surface area contributed by atoms with E-state index in [0.29, 0.717) is 12.5 Å². The molecule has 2 rings (SSSR count). The molecule has 2 N–H and O–H groups in total. The summed E-state index contributed by atoms with van der Waals surface area (Å²) in [5.74, 6) is 0.0724. The number of ether oxygens (including phenoxy) is 1. The molecule has 2 aromatic rings. The van der Waals surface area contributed by atoms with Gasteiger partial charge in [0.25, 0.3) is 0 Å². The molecule has 6 nitrogen and oxygen atoms in total. The number of hydrogen-bond acceptors (Lipinski definition) is 5. The predicted molar refractivity (Wildman–Crippen MR) is 74.2 cm³/mol. The van der Waals surface area contributed by atoms with Gasteiger partial charge in [-0.1, -0.05) is 12.1 Å². The fourth-order valence-corrected chi connectivity index (χ4v) is 1.67. The fourth-order valence-electron chi connectivity index (χ4n) is 1.67. The minimum atomic E-state index is -1.06. The maximum Gasteiger partial charge on any atom is 0.354 e. The first-order valence-corrected chi connectivity index (χ1v) is 6.12. The molecule has 0 aliphatic carbocycles. The van der Waals surface area contributed by atoms with Gasteiger partial charge in [-0.15, -0.1) is 0 Å². The van der Waals surface area contributed by atoms with Crippen LogP contribution in [0.1, 0.15) is 16.1 Å². The number of rotatable bonds is 6. The molecule has 0 amide bonds. The number of nitrogens with one attached hydrogen (secondary N) is 1. The van der Waals surface area contributed by atoms with E-state index in [9.17, 15) is 4.79 Å². The number of aromatic nitrogens is 2. The van der Waals surface area contributed by atoms with Crippen LogP contribution in [-0.4, -0.2) is 34.7 Å². The Morgan fingerprint density at radius 1 is 1.30 bits per heavy atom. The van der Waals surface area contributed by atoms with Crippen molar-refractivity contribution in [1.29, 1.82) is 0 Å². The van der Waals surface area contributed by atoms with Crippen molar-refractivity contribution in [2.24, 2.45) is 0 Å². The zero-order valence-corrected chi connectivity index (χ0v) is 11.0. The number of anilines is 1. The summed E-state index contributed by atoms with van der Waals surface area (Å²) in [6.07, 6.45) is 2.21. The first-order valence-electron chi connectivity index (χ1n) is 6.12. The maximum atomic E-state index is 10.8. The molecule has 0 saturated carbocycles. The van der Waals surface area contributed by atoms with Gasteiger partial charge in [0, 0.05) is 12.7 Å². The Morgan fingerprint density at radius 2 is 2.05 bits per heavy atom. The lowest BCUT2D eigenvalue weighted by Crippen LogP contribution is -2.10. The van der Waals surface area contributed by atoms with Crippen molar-refractivity contribution in [2.45, 2.75) is 6.42 Å². The summed E-state index contributed by atoms with van der Waals surface area (Å²) in [5, 5.41) is 11.8. The van der Waals surface area contributed by atoms with Crippen molar-refractivity contribution < 1.29 is 14.6 Å². The van der Waals surface area contributed by atoms with Gasteiger partial charge in [-0.05, 0) is 30.2 Å². The van der Waals surface area contributed by atoms with E-state index in [1.807, 2.05) is 24.3 Å². The van der Waals surface area contributed by atoms with Crippen molar-refractivity contribution in [3.8, 4) is 5.75 Å². The number of hydrogen-bond donors (Lipinski definition) is 2. The Hall–Kier alpha value is -2.63. The zero-order chi connectivity index (χ0) is 14.4. The van der Waals surface area contributed by atoms with E-state index in [0.717, 1.165) is 17.7 Å².